The van der Waals surface area contributed by atoms with Crippen LogP contribution >= 0.6 is 34.8 Å². The van der Waals surface area contributed by atoms with Crippen LogP contribution in [0.15, 0.2) is 12.1 Å². The van der Waals surface area contributed by atoms with E-state index in [2.05, 4.69) is 5.32 Å². The summed E-state index contributed by atoms with van der Waals surface area (Å²) in [5, 5.41) is 3.71. The van der Waals surface area contributed by atoms with Crippen molar-refractivity contribution in [3.8, 4) is 5.75 Å². The highest BCUT2D eigenvalue weighted by Crippen LogP contribution is 2.35. The molecule has 0 saturated carbocycles. The number of hydrogen-bond donors (Lipinski definition) is 1. The monoisotopic (exact) mass is 309 g/mol. The van der Waals surface area contributed by atoms with Gasteiger partial charge in [0.05, 0.1) is 10.0 Å². The number of carbonyl (C=O) groups is 1. The van der Waals surface area contributed by atoms with Crippen molar-refractivity contribution in [2.45, 2.75) is 13.8 Å². The van der Waals surface area contributed by atoms with Crippen LogP contribution < -0.4 is 10.1 Å². The van der Waals surface area contributed by atoms with Crippen molar-refractivity contribution in [2.24, 2.45) is 5.92 Å². The van der Waals surface area contributed by atoms with Crippen molar-refractivity contribution >= 4 is 40.7 Å². The molecule has 0 bridgehead atoms. The van der Waals surface area contributed by atoms with Gasteiger partial charge in [0.15, 0.2) is 12.4 Å². The molecule has 0 aliphatic carbocycles. The lowest BCUT2D eigenvalue weighted by atomic mass is 10.2. The van der Waals surface area contributed by atoms with Crippen LogP contribution in [0.25, 0.3) is 0 Å². The van der Waals surface area contributed by atoms with Gasteiger partial charge in [-0.1, -0.05) is 48.7 Å². The van der Waals surface area contributed by atoms with Crippen LogP contribution in [0.3, 0.4) is 0 Å². The maximum Gasteiger partial charge on any atom is 0.257 e. The van der Waals surface area contributed by atoms with E-state index in [0.29, 0.717) is 17.5 Å². The third-order valence-corrected chi connectivity index (χ3v) is 2.80. The van der Waals surface area contributed by atoms with Crippen molar-refractivity contribution in [2.75, 3.05) is 13.2 Å². The first-order valence-electron chi connectivity index (χ1n) is 5.44. The van der Waals surface area contributed by atoms with E-state index in [1.165, 1.54) is 12.1 Å². The quantitative estimate of drug-likeness (QED) is 0.898. The Labute approximate surface area is 121 Å². The summed E-state index contributed by atoms with van der Waals surface area (Å²) in [6.45, 7) is 4.49. The van der Waals surface area contributed by atoms with Gasteiger partial charge < -0.3 is 10.1 Å². The van der Waals surface area contributed by atoms with E-state index < -0.39 is 0 Å². The summed E-state index contributed by atoms with van der Waals surface area (Å²) in [4.78, 5) is 11.5. The summed E-state index contributed by atoms with van der Waals surface area (Å²) in [5.74, 6) is 0.435. The Morgan fingerprint density at radius 3 is 2.33 bits per heavy atom. The molecule has 0 fully saturated rings. The minimum Gasteiger partial charge on any atom is -0.481 e. The van der Waals surface area contributed by atoms with Gasteiger partial charge in [0.2, 0.25) is 0 Å². The molecule has 0 heterocycles. The zero-order valence-corrected chi connectivity index (χ0v) is 12.4. The molecule has 0 aliphatic rings. The van der Waals surface area contributed by atoms with Gasteiger partial charge in [0.1, 0.15) is 0 Å². The number of carbonyl (C=O) groups excluding carboxylic acids is 1. The fourth-order valence-corrected chi connectivity index (χ4v) is 2.10. The molecule has 6 heteroatoms. The Morgan fingerprint density at radius 2 is 1.83 bits per heavy atom. The molecule has 0 aliphatic heterocycles. The molecule has 0 radical (unpaired) electrons. The van der Waals surface area contributed by atoms with Crippen LogP contribution in [-0.2, 0) is 4.79 Å². The third-order valence-electron chi connectivity index (χ3n) is 2.02. The molecular formula is C12H14Cl3NO2. The Kier molecular flexibility index (Phi) is 6.06. The van der Waals surface area contributed by atoms with Crippen molar-refractivity contribution in [1.29, 1.82) is 0 Å². The third kappa shape index (κ3) is 4.92. The molecule has 18 heavy (non-hydrogen) atoms. The van der Waals surface area contributed by atoms with Gasteiger partial charge in [-0.25, -0.2) is 0 Å². The smallest absolute Gasteiger partial charge is 0.257 e. The topological polar surface area (TPSA) is 38.3 Å². The maximum atomic E-state index is 11.5. The van der Waals surface area contributed by atoms with Crippen LogP contribution in [0.1, 0.15) is 13.8 Å². The minimum absolute atomic E-state index is 0.131. The Bertz CT molecular complexity index is 412. The molecule has 1 amide bonds. The first-order valence-corrected chi connectivity index (χ1v) is 6.57. The molecule has 0 aromatic heterocycles. The zero-order valence-electron chi connectivity index (χ0n) is 10.1. The average Bonchev–Trinajstić information content (AvgIpc) is 2.24. The number of nitrogens with one attached hydrogen (secondary N) is 1. The molecule has 0 unspecified atom stereocenters. The van der Waals surface area contributed by atoms with E-state index in [0.717, 1.165) is 0 Å². The maximum absolute atomic E-state index is 11.5. The molecule has 0 atom stereocenters. The second kappa shape index (κ2) is 7.07. The van der Waals surface area contributed by atoms with Gasteiger partial charge in [-0.3, -0.25) is 4.79 Å². The van der Waals surface area contributed by atoms with Crippen molar-refractivity contribution in [3.63, 3.8) is 0 Å². The van der Waals surface area contributed by atoms with E-state index >= 15 is 0 Å². The number of hydrogen-bond acceptors (Lipinski definition) is 2. The standard InChI is InChI=1S/C12H14Cl3NO2/c1-7(2)5-16-11(17)6-18-12-9(14)3-8(13)4-10(12)15/h3-4,7H,5-6H2,1-2H3,(H,16,17). The fraction of sp³-hybridized carbons (Fsp3) is 0.417. The largest absolute Gasteiger partial charge is 0.481 e. The second-order valence-corrected chi connectivity index (χ2v) is 5.44. The van der Waals surface area contributed by atoms with Crippen LogP contribution in [0.5, 0.6) is 5.75 Å². The number of amides is 1. The molecule has 1 N–H and O–H groups in total. The average molecular weight is 311 g/mol. The molecule has 1 aromatic carbocycles. The van der Waals surface area contributed by atoms with Crippen LogP contribution in [0.2, 0.25) is 15.1 Å². The first-order chi connectivity index (χ1) is 8.40. The summed E-state index contributed by atoms with van der Waals surface area (Å²) in [6.07, 6.45) is 0. The summed E-state index contributed by atoms with van der Waals surface area (Å²) >= 11 is 17.6. The number of halogens is 3. The lowest BCUT2D eigenvalue weighted by molar-refractivity contribution is -0.123. The van der Waals surface area contributed by atoms with Gasteiger partial charge in [-0.2, -0.15) is 0 Å². The van der Waals surface area contributed by atoms with E-state index in [9.17, 15) is 4.79 Å². The normalized spacial score (nSPS) is 10.6. The molecule has 1 rings (SSSR count). The van der Waals surface area contributed by atoms with E-state index in [4.69, 9.17) is 39.5 Å². The van der Waals surface area contributed by atoms with Crippen LogP contribution in [0.4, 0.5) is 0 Å². The van der Waals surface area contributed by atoms with Crippen molar-refractivity contribution in [3.05, 3.63) is 27.2 Å². The summed E-state index contributed by atoms with van der Waals surface area (Å²) in [5.41, 5.74) is 0. The predicted octanol–water partition coefficient (Wildman–Crippen LogP) is 3.80. The van der Waals surface area contributed by atoms with E-state index in [-0.39, 0.29) is 28.3 Å². The van der Waals surface area contributed by atoms with Gasteiger partial charge in [0, 0.05) is 11.6 Å². The molecule has 0 saturated heterocycles. The van der Waals surface area contributed by atoms with Gasteiger partial charge >= 0.3 is 0 Å². The first kappa shape index (κ1) is 15.4. The highest BCUT2D eigenvalue weighted by molar-refractivity contribution is 6.40. The molecule has 1 aromatic rings. The van der Waals surface area contributed by atoms with E-state index in [1.54, 1.807) is 0 Å². The highest BCUT2D eigenvalue weighted by atomic mass is 35.5. The molecule has 0 spiro atoms. The Balaban J connectivity index is 2.56. The number of ether oxygens (including phenoxy) is 1. The predicted molar refractivity (Wildman–Crippen MR) is 74.8 cm³/mol. The molecule has 100 valence electrons. The number of benzene rings is 1. The van der Waals surface area contributed by atoms with Gasteiger partial charge in [-0.15, -0.1) is 0 Å². The van der Waals surface area contributed by atoms with Crippen molar-refractivity contribution < 1.29 is 9.53 Å². The summed E-state index contributed by atoms with van der Waals surface area (Å²) in [6, 6.07) is 3.02. The van der Waals surface area contributed by atoms with Crippen molar-refractivity contribution in [1.82, 2.24) is 5.32 Å². The van der Waals surface area contributed by atoms with Gasteiger partial charge in [0.25, 0.3) is 5.91 Å². The Hall–Kier alpha value is -0.640. The zero-order chi connectivity index (χ0) is 13.7. The number of rotatable bonds is 5. The summed E-state index contributed by atoms with van der Waals surface area (Å²) in [7, 11) is 0. The van der Waals surface area contributed by atoms with Gasteiger partial charge in [-0.05, 0) is 18.1 Å². The van der Waals surface area contributed by atoms with Crippen LogP contribution in [-0.4, -0.2) is 19.1 Å². The SMILES string of the molecule is CC(C)CNC(=O)COc1c(Cl)cc(Cl)cc1Cl. The second-order valence-electron chi connectivity index (χ2n) is 4.19. The molecule has 3 nitrogen and oxygen atoms in total. The minimum atomic E-state index is -0.217. The van der Waals surface area contributed by atoms with Crippen LogP contribution in [0, 0.1) is 5.92 Å². The fourth-order valence-electron chi connectivity index (χ4n) is 1.17. The Morgan fingerprint density at radius 1 is 1.28 bits per heavy atom. The van der Waals surface area contributed by atoms with E-state index in [1.807, 2.05) is 13.8 Å². The summed E-state index contributed by atoms with van der Waals surface area (Å²) < 4.78 is 5.28. The highest BCUT2D eigenvalue weighted by Gasteiger charge is 2.11. The lowest BCUT2D eigenvalue weighted by Gasteiger charge is -2.11. The molecular weight excluding hydrogens is 296 g/mol. The lowest BCUT2D eigenvalue weighted by Crippen LogP contribution is -2.31.